The molecule has 3 nitrogen and oxygen atoms in total. The van der Waals surface area contributed by atoms with Gasteiger partial charge in [0.05, 0.1) is 5.69 Å². The van der Waals surface area contributed by atoms with E-state index >= 15 is 0 Å². The maximum Gasteiger partial charge on any atom is 0.263 e. The molecule has 1 aromatic heterocycles. The topological polar surface area (TPSA) is 55.1 Å². The molecule has 1 heterocycles. The zero-order valence-corrected chi connectivity index (χ0v) is 14.6. The molecule has 3 rings (SSSR count). The zero-order valence-electron chi connectivity index (χ0n) is 12.2. The second kappa shape index (κ2) is 5.61. The summed E-state index contributed by atoms with van der Waals surface area (Å²) in [6.07, 6.45) is 2.24. The lowest BCUT2D eigenvalue weighted by Gasteiger charge is -2.19. The minimum absolute atomic E-state index is 0.0317. The standard InChI is InChI=1S/C16H19BrN2OS/c1-8-3-5-12(9(8)2)19-16(20)15-14(18)11-7-10(17)4-6-13(11)21-15/h4,6-9,12H,3,5,18H2,1-2H3,(H,19,20). The van der Waals surface area contributed by atoms with E-state index in [2.05, 4.69) is 35.1 Å². The van der Waals surface area contributed by atoms with Gasteiger partial charge < -0.3 is 11.1 Å². The predicted molar refractivity (Wildman–Crippen MR) is 92.8 cm³/mol. The lowest BCUT2D eigenvalue weighted by Crippen LogP contribution is -2.37. The van der Waals surface area contributed by atoms with Gasteiger partial charge in [0.15, 0.2) is 0 Å². The van der Waals surface area contributed by atoms with Crippen LogP contribution in [-0.2, 0) is 0 Å². The molecule has 1 aromatic carbocycles. The first-order chi connectivity index (χ1) is 9.97. The van der Waals surface area contributed by atoms with Crippen LogP contribution in [0.2, 0.25) is 0 Å². The third-order valence-electron chi connectivity index (χ3n) is 4.68. The molecule has 21 heavy (non-hydrogen) atoms. The fourth-order valence-electron chi connectivity index (χ4n) is 3.06. The van der Waals surface area contributed by atoms with Gasteiger partial charge in [-0.2, -0.15) is 0 Å². The van der Waals surface area contributed by atoms with Gasteiger partial charge in [0, 0.05) is 20.6 Å². The van der Waals surface area contributed by atoms with Crippen LogP contribution in [0.3, 0.4) is 0 Å². The first kappa shape index (κ1) is 14.9. The number of thiophene rings is 1. The number of fused-ring (bicyclic) bond motifs is 1. The van der Waals surface area contributed by atoms with E-state index in [0.29, 0.717) is 22.4 Å². The van der Waals surface area contributed by atoms with Crippen LogP contribution in [0.1, 0.15) is 36.4 Å². The number of anilines is 1. The van der Waals surface area contributed by atoms with E-state index in [4.69, 9.17) is 5.73 Å². The van der Waals surface area contributed by atoms with Crippen LogP contribution in [0.15, 0.2) is 22.7 Å². The Kier molecular flexibility index (Phi) is 3.97. The minimum Gasteiger partial charge on any atom is -0.397 e. The van der Waals surface area contributed by atoms with Crippen LogP contribution in [0, 0.1) is 11.8 Å². The summed E-state index contributed by atoms with van der Waals surface area (Å²) in [5.41, 5.74) is 6.76. The normalized spacial score (nSPS) is 25.4. The van der Waals surface area contributed by atoms with E-state index in [1.54, 1.807) is 0 Å². The summed E-state index contributed by atoms with van der Waals surface area (Å²) in [6.45, 7) is 4.47. The fourth-order valence-corrected chi connectivity index (χ4v) is 4.43. The number of nitrogens with two attached hydrogens (primary N) is 1. The molecule has 1 saturated carbocycles. The third-order valence-corrected chi connectivity index (χ3v) is 6.35. The molecular weight excluding hydrogens is 348 g/mol. The molecule has 1 amide bonds. The van der Waals surface area contributed by atoms with Gasteiger partial charge in [-0.15, -0.1) is 11.3 Å². The fraction of sp³-hybridized carbons (Fsp3) is 0.438. The number of carbonyl (C=O) groups is 1. The molecule has 1 fully saturated rings. The summed E-state index contributed by atoms with van der Waals surface area (Å²) < 4.78 is 2.03. The Morgan fingerprint density at radius 3 is 2.81 bits per heavy atom. The Bertz CT molecular complexity index is 697. The van der Waals surface area contributed by atoms with Crippen molar-refractivity contribution < 1.29 is 4.79 Å². The van der Waals surface area contributed by atoms with Crippen molar-refractivity contribution >= 4 is 48.9 Å². The second-order valence-electron chi connectivity index (χ2n) is 5.98. The molecule has 0 spiro atoms. The SMILES string of the molecule is CC1CCC(NC(=O)c2sc3ccc(Br)cc3c2N)C1C. The van der Waals surface area contributed by atoms with E-state index in [1.807, 2.05) is 18.2 Å². The van der Waals surface area contributed by atoms with E-state index < -0.39 is 0 Å². The number of rotatable bonds is 2. The molecule has 0 aliphatic heterocycles. The molecule has 3 N–H and O–H groups in total. The Labute approximate surface area is 137 Å². The van der Waals surface area contributed by atoms with Crippen molar-refractivity contribution in [3.05, 3.63) is 27.5 Å². The number of hydrogen-bond donors (Lipinski definition) is 2. The highest BCUT2D eigenvalue weighted by atomic mass is 79.9. The van der Waals surface area contributed by atoms with Gasteiger partial charge in [-0.3, -0.25) is 4.79 Å². The van der Waals surface area contributed by atoms with Gasteiger partial charge in [0.2, 0.25) is 0 Å². The molecule has 112 valence electrons. The maximum absolute atomic E-state index is 12.5. The Hall–Kier alpha value is -1.07. The Balaban J connectivity index is 1.86. The summed E-state index contributed by atoms with van der Waals surface area (Å²) in [5.74, 6) is 1.17. The predicted octanol–water partition coefficient (Wildman–Crippen LogP) is 4.41. The monoisotopic (exact) mass is 366 g/mol. The maximum atomic E-state index is 12.5. The van der Waals surface area contributed by atoms with Gasteiger partial charge in [-0.05, 0) is 42.9 Å². The highest BCUT2D eigenvalue weighted by molar-refractivity contribution is 9.10. The molecule has 1 aliphatic carbocycles. The van der Waals surface area contributed by atoms with Crippen LogP contribution >= 0.6 is 27.3 Å². The van der Waals surface area contributed by atoms with Crippen molar-refractivity contribution in [2.75, 3.05) is 5.73 Å². The highest BCUT2D eigenvalue weighted by Gasteiger charge is 2.31. The molecule has 2 aromatic rings. The summed E-state index contributed by atoms with van der Waals surface area (Å²) in [6, 6.07) is 6.21. The second-order valence-corrected chi connectivity index (χ2v) is 7.95. The van der Waals surface area contributed by atoms with Crippen LogP contribution in [0.4, 0.5) is 5.69 Å². The number of carbonyl (C=O) groups excluding carboxylic acids is 1. The lowest BCUT2D eigenvalue weighted by atomic mass is 9.98. The van der Waals surface area contributed by atoms with Gasteiger partial charge in [-0.1, -0.05) is 29.8 Å². The van der Waals surface area contributed by atoms with Crippen molar-refractivity contribution in [2.24, 2.45) is 11.8 Å². The van der Waals surface area contributed by atoms with Crippen molar-refractivity contribution in [1.29, 1.82) is 0 Å². The summed E-state index contributed by atoms with van der Waals surface area (Å²) in [4.78, 5) is 13.2. The summed E-state index contributed by atoms with van der Waals surface area (Å²) in [5, 5.41) is 4.12. The first-order valence-electron chi connectivity index (χ1n) is 7.25. The van der Waals surface area contributed by atoms with E-state index in [1.165, 1.54) is 17.8 Å². The van der Waals surface area contributed by atoms with Crippen molar-refractivity contribution in [2.45, 2.75) is 32.7 Å². The molecule has 0 bridgehead atoms. The summed E-state index contributed by atoms with van der Waals surface area (Å²) >= 11 is 4.92. The van der Waals surface area contributed by atoms with E-state index in [-0.39, 0.29) is 11.9 Å². The summed E-state index contributed by atoms with van der Waals surface area (Å²) in [7, 11) is 0. The molecule has 0 radical (unpaired) electrons. The first-order valence-corrected chi connectivity index (χ1v) is 8.86. The molecule has 3 unspecified atom stereocenters. The van der Waals surface area contributed by atoms with Crippen molar-refractivity contribution in [1.82, 2.24) is 5.32 Å². The highest BCUT2D eigenvalue weighted by Crippen LogP contribution is 2.36. The Morgan fingerprint density at radius 1 is 1.38 bits per heavy atom. The average molecular weight is 367 g/mol. The number of amides is 1. The number of hydrogen-bond acceptors (Lipinski definition) is 3. The molecule has 3 atom stereocenters. The van der Waals surface area contributed by atoms with Gasteiger partial charge >= 0.3 is 0 Å². The van der Waals surface area contributed by atoms with Crippen LogP contribution in [0.5, 0.6) is 0 Å². The Morgan fingerprint density at radius 2 is 2.14 bits per heavy atom. The molecule has 5 heteroatoms. The van der Waals surface area contributed by atoms with E-state index in [0.717, 1.165) is 21.0 Å². The largest absolute Gasteiger partial charge is 0.397 e. The number of benzene rings is 1. The zero-order chi connectivity index (χ0) is 15.1. The number of halogens is 1. The quantitative estimate of drug-likeness (QED) is 0.826. The van der Waals surface area contributed by atoms with Gasteiger partial charge in [0.1, 0.15) is 4.88 Å². The van der Waals surface area contributed by atoms with Crippen LogP contribution in [0.25, 0.3) is 10.1 Å². The van der Waals surface area contributed by atoms with Crippen molar-refractivity contribution in [3.63, 3.8) is 0 Å². The molecule has 0 saturated heterocycles. The third kappa shape index (κ3) is 2.69. The lowest BCUT2D eigenvalue weighted by molar-refractivity contribution is 0.0932. The van der Waals surface area contributed by atoms with Crippen molar-refractivity contribution in [3.8, 4) is 0 Å². The van der Waals surface area contributed by atoms with E-state index in [9.17, 15) is 4.79 Å². The van der Waals surface area contributed by atoms with Crippen LogP contribution in [-0.4, -0.2) is 11.9 Å². The van der Waals surface area contributed by atoms with Crippen LogP contribution < -0.4 is 11.1 Å². The van der Waals surface area contributed by atoms with Gasteiger partial charge in [-0.25, -0.2) is 0 Å². The number of nitrogen functional groups attached to an aromatic ring is 1. The minimum atomic E-state index is -0.0317. The van der Waals surface area contributed by atoms with Gasteiger partial charge in [0.25, 0.3) is 5.91 Å². The molecular formula is C16H19BrN2OS. The smallest absolute Gasteiger partial charge is 0.263 e. The average Bonchev–Trinajstić information content (AvgIpc) is 2.94. The molecule has 1 aliphatic rings. The number of nitrogens with one attached hydrogen (secondary N) is 1.